The largest absolute Gasteiger partial charge is 0.497 e. The first-order valence-corrected chi connectivity index (χ1v) is 7.16. The minimum absolute atomic E-state index is 0.177. The number of nitrogens with zero attached hydrogens (tertiary/aromatic N) is 2. The number of fused-ring (bicyclic) bond motifs is 1. The molecule has 1 saturated heterocycles. The van der Waals surface area contributed by atoms with Gasteiger partial charge in [0.2, 0.25) is 0 Å². The van der Waals surface area contributed by atoms with Crippen LogP contribution < -0.4 is 5.46 Å². The predicted octanol–water partition coefficient (Wildman–Crippen LogP) is 1.57. The first-order chi connectivity index (χ1) is 10.1. The maximum atomic E-state index is 11.4. The monoisotopic (exact) mass is 302 g/mol. The molecule has 7 heteroatoms. The Hall–Kier alpha value is -1.86. The molecule has 1 aliphatic rings. The van der Waals surface area contributed by atoms with Crippen LogP contribution in [0.1, 0.15) is 38.1 Å². The molecule has 0 saturated carbocycles. The van der Waals surface area contributed by atoms with Gasteiger partial charge in [0.25, 0.3) is 0 Å². The van der Waals surface area contributed by atoms with Crippen molar-refractivity contribution >= 4 is 29.6 Å². The van der Waals surface area contributed by atoms with E-state index in [1.165, 1.54) is 0 Å². The van der Waals surface area contributed by atoms with Gasteiger partial charge in [-0.05, 0) is 39.8 Å². The van der Waals surface area contributed by atoms with E-state index in [-0.39, 0.29) is 5.56 Å². The van der Waals surface area contributed by atoms with Crippen molar-refractivity contribution in [1.82, 2.24) is 9.55 Å². The summed E-state index contributed by atoms with van der Waals surface area (Å²) in [6, 6.07) is 3.17. The van der Waals surface area contributed by atoms with Gasteiger partial charge < -0.3 is 19.0 Å². The summed E-state index contributed by atoms with van der Waals surface area (Å²) in [5.41, 5.74) is 1.34. The average Bonchev–Trinajstić information content (AvgIpc) is 2.87. The van der Waals surface area contributed by atoms with Gasteiger partial charge in [-0.3, -0.25) is 0 Å². The van der Waals surface area contributed by atoms with Gasteiger partial charge in [0.05, 0.1) is 34.1 Å². The van der Waals surface area contributed by atoms with E-state index in [1.807, 2.05) is 39.3 Å². The standard InChI is InChI=1S/C15H19BN2O4/c1-14(2)15(3,4)22-16(21-14)10-6-9(13(19)20)7-11-12(10)18(5)8-17-11/h6-8H,1-5H3,(H,19,20). The molecule has 22 heavy (non-hydrogen) atoms. The maximum Gasteiger partial charge on any atom is 0.497 e. The number of hydrogen-bond donors (Lipinski definition) is 1. The molecule has 1 N–H and O–H groups in total. The topological polar surface area (TPSA) is 73.6 Å². The van der Waals surface area contributed by atoms with Crippen LogP contribution in [0.3, 0.4) is 0 Å². The summed E-state index contributed by atoms with van der Waals surface area (Å²) in [5, 5.41) is 9.31. The highest BCUT2D eigenvalue weighted by Gasteiger charge is 2.52. The maximum absolute atomic E-state index is 11.4. The van der Waals surface area contributed by atoms with Crippen LogP contribution in [0.5, 0.6) is 0 Å². The third-order valence-electron chi connectivity index (χ3n) is 4.60. The Balaban J connectivity index is 2.18. The number of benzene rings is 1. The first kappa shape index (κ1) is 15.1. The lowest BCUT2D eigenvalue weighted by molar-refractivity contribution is 0.00578. The van der Waals surface area contributed by atoms with Crippen molar-refractivity contribution in [3.63, 3.8) is 0 Å². The van der Waals surface area contributed by atoms with Crippen LogP contribution in [0.25, 0.3) is 11.0 Å². The van der Waals surface area contributed by atoms with Gasteiger partial charge in [-0.1, -0.05) is 0 Å². The van der Waals surface area contributed by atoms with Gasteiger partial charge in [0.15, 0.2) is 0 Å². The lowest BCUT2D eigenvalue weighted by Gasteiger charge is -2.32. The number of imidazole rings is 1. The highest BCUT2D eigenvalue weighted by molar-refractivity contribution is 6.65. The van der Waals surface area contributed by atoms with Crippen LogP contribution in [0, 0.1) is 0 Å². The SMILES string of the molecule is Cn1cnc2cc(C(=O)O)cc(B3OC(C)(C)C(C)(C)O3)c21. The molecule has 1 aromatic carbocycles. The van der Waals surface area contributed by atoms with Crippen molar-refractivity contribution < 1.29 is 19.2 Å². The van der Waals surface area contributed by atoms with E-state index in [1.54, 1.807) is 18.5 Å². The zero-order valence-electron chi connectivity index (χ0n) is 13.4. The number of hydrogen-bond acceptors (Lipinski definition) is 4. The van der Waals surface area contributed by atoms with Crippen molar-refractivity contribution in [3.8, 4) is 0 Å². The Labute approximate surface area is 129 Å². The third kappa shape index (κ3) is 2.12. The normalized spacial score (nSPS) is 19.8. The van der Waals surface area contributed by atoms with Crippen molar-refractivity contribution in [2.45, 2.75) is 38.9 Å². The molecule has 0 amide bonds. The second-order valence-electron chi connectivity index (χ2n) is 6.68. The van der Waals surface area contributed by atoms with Crippen LogP contribution in [-0.2, 0) is 16.4 Å². The van der Waals surface area contributed by atoms with Crippen LogP contribution in [0.2, 0.25) is 0 Å². The zero-order valence-corrected chi connectivity index (χ0v) is 13.4. The number of carbonyl (C=O) groups is 1. The van der Waals surface area contributed by atoms with Crippen molar-refractivity contribution in [3.05, 3.63) is 24.0 Å². The Kier molecular flexibility index (Phi) is 3.13. The predicted molar refractivity (Wildman–Crippen MR) is 83.4 cm³/mol. The van der Waals surface area contributed by atoms with Gasteiger partial charge in [-0.15, -0.1) is 0 Å². The molecule has 0 spiro atoms. The van der Waals surface area contributed by atoms with E-state index in [9.17, 15) is 9.90 Å². The molecule has 0 aliphatic carbocycles. The molecule has 0 radical (unpaired) electrons. The van der Waals surface area contributed by atoms with Crippen LogP contribution in [0.15, 0.2) is 18.5 Å². The van der Waals surface area contributed by atoms with E-state index in [0.29, 0.717) is 11.0 Å². The molecule has 1 aliphatic heterocycles. The van der Waals surface area contributed by atoms with Gasteiger partial charge in [0, 0.05) is 12.5 Å². The Morgan fingerprint density at radius 1 is 1.23 bits per heavy atom. The van der Waals surface area contributed by atoms with Crippen molar-refractivity contribution in [1.29, 1.82) is 0 Å². The molecule has 0 unspecified atom stereocenters. The molecule has 0 atom stereocenters. The van der Waals surface area contributed by atoms with Crippen LogP contribution in [0.4, 0.5) is 0 Å². The Morgan fingerprint density at radius 3 is 2.36 bits per heavy atom. The molecule has 1 fully saturated rings. The second-order valence-corrected chi connectivity index (χ2v) is 6.68. The summed E-state index contributed by atoms with van der Waals surface area (Å²) < 4.78 is 14.0. The van der Waals surface area contributed by atoms with E-state index in [2.05, 4.69) is 4.98 Å². The van der Waals surface area contributed by atoms with Gasteiger partial charge in [0.1, 0.15) is 0 Å². The molecule has 1 aromatic heterocycles. The minimum atomic E-state index is -0.995. The molecule has 0 bridgehead atoms. The number of carboxylic acid groups (broad SMARTS) is 1. The summed E-state index contributed by atoms with van der Waals surface area (Å²) in [7, 11) is 1.24. The lowest BCUT2D eigenvalue weighted by Crippen LogP contribution is -2.41. The summed E-state index contributed by atoms with van der Waals surface area (Å²) >= 11 is 0. The summed E-state index contributed by atoms with van der Waals surface area (Å²) in [5.74, 6) is -0.995. The van der Waals surface area contributed by atoms with Crippen LogP contribution >= 0.6 is 0 Å². The summed E-state index contributed by atoms with van der Waals surface area (Å²) in [6.45, 7) is 7.87. The molecular formula is C15H19BN2O4. The third-order valence-corrected chi connectivity index (χ3v) is 4.60. The highest BCUT2D eigenvalue weighted by atomic mass is 16.7. The quantitative estimate of drug-likeness (QED) is 0.852. The van der Waals surface area contributed by atoms with Gasteiger partial charge in [-0.25, -0.2) is 9.78 Å². The lowest BCUT2D eigenvalue weighted by atomic mass is 9.77. The highest BCUT2D eigenvalue weighted by Crippen LogP contribution is 2.37. The van der Waals surface area contributed by atoms with E-state index in [0.717, 1.165) is 5.52 Å². The average molecular weight is 302 g/mol. The number of carboxylic acids is 1. The molecule has 2 heterocycles. The van der Waals surface area contributed by atoms with Gasteiger partial charge >= 0.3 is 13.1 Å². The molecular weight excluding hydrogens is 283 g/mol. The zero-order chi connectivity index (χ0) is 16.3. The number of aromatic nitrogens is 2. The smallest absolute Gasteiger partial charge is 0.478 e. The van der Waals surface area contributed by atoms with Crippen molar-refractivity contribution in [2.24, 2.45) is 7.05 Å². The fourth-order valence-electron chi connectivity index (χ4n) is 2.60. The molecule has 3 rings (SSSR count). The Morgan fingerprint density at radius 2 is 1.82 bits per heavy atom. The summed E-state index contributed by atoms with van der Waals surface area (Å²) in [4.78, 5) is 15.6. The van der Waals surface area contributed by atoms with Crippen molar-refractivity contribution in [2.75, 3.05) is 0 Å². The molecule has 2 aromatic rings. The van der Waals surface area contributed by atoms with Crippen LogP contribution in [-0.4, -0.2) is 38.9 Å². The number of aromatic carboxylic acids is 1. The Bertz CT molecular complexity index is 750. The van der Waals surface area contributed by atoms with E-state index >= 15 is 0 Å². The fourth-order valence-corrected chi connectivity index (χ4v) is 2.60. The summed E-state index contributed by atoms with van der Waals surface area (Å²) in [6.07, 6.45) is 1.66. The first-order valence-electron chi connectivity index (χ1n) is 7.16. The number of rotatable bonds is 2. The number of aryl methyl sites for hydroxylation is 1. The minimum Gasteiger partial charge on any atom is -0.478 e. The van der Waals surface area contributed by atoms with E-state index < -0.39 is 24.3 Å². The second kappa shape index (κ2) is 4.57. The van der Waals surface area contributed by atoms with Gasteiger partial charge in [-0.2, -0.15) is 0 Å². The molecule has 6 nitrogen and oxygen atoms in total. The molecule has 116 valence electrons. The fraction of sp³-hybridized carbons (Fsp3) is 0.467. The van der Waals surface area contributed by atoms with E-state index in [4.69, 9.17) is 9.31 Å².